The zero-order valence-electron chi connectivity index (χ0n) is 9.66. The molecule has 0 bridgehead atoms. The number of ether oxygens (including phenoxy) is 1. The first-order valence-corrected chi connectivity index (χ1v) is 5.69. The molecular formula is C13H17FO2. The van der Waals surface area contributed by atoms with Crippen molar-refractivity contribution in [1.29, 1.82) is 0 Å². The lowest BCUT2D eigenvalue weighted by molar-refractivity contribution is 0.189. The summed E-state index contributed by atoms with van der Waals surface area (Å²) in [6.45, 7) is 3.17. The monoisotopic (exact) mass is 224 g/mol. The number of aromatic hydroxyl groups is 1. The fourth-order valence-corrected chi connectivity index (χ4v) is 1.96. The molecule has 0 aromatic heterocycles. The van der Waals surface area contributed by atoms with Gasteiger partial charge >= 0.3 is 0 Å². The van der Waals surface area contributed by atoms with Crippen LogP contribution < -0.4 is 4.74 Å². The molecule has 0 radical (unpaired) electrons. The molecule has 2 nitrogen and oxygen atoms in total. The number of alkyl halides is 1. The second kappa shape index (κ2) is 4.32. The standard InChI is InChI=1S/C13H17FO2/c1-8(2)10-5-12(15)11(9-3-4-9)6-13(10)16-7-14/h5-6,8-9,15H,3-4,7H2,1-2H3. The first kappa shape index (κ1) is 11.2. The fourth-order valence-electron chi connectivity index (χ4n) is 1.96. The maximum absolute atomic E-state index is 12.3. The average Bonchev–Trinajstić information content (AvgIpc) is 3.03. The Balaban J connectivity index is 2.40. The summed E-state index contributed by atoms with van der Waals surface area (Å²) in [7, 11) is 0. The number of hydrogen-bond acceptors (Lipinski definition) is 2. The van der Waals surface area contributed by atoms with Gasteiger partial charge in [-0.2, -0.15) is 0 Å². The van der Waals surface area contributed by atoms with Crippen LogP contribution in [0, 0.1) is 0 Å². The van der Waals surface area contributed by atoms with Gasteiger partial charge in [0.25, 0.3) is 0 Å². The molecule has 1 N–H and O–H groups in total. The molecule has 1 aliphatic carbocycles. The molecule has 2 rings (SSSR count). The number of hydrogen-bond donors (Lipinski definition) is 1. The molecular weight excluding hydrogens is 207 g/mol. The van der Waals surface area contributed by atoms with Crippen molar-refractivity contribution >= 4 is 0 Å². The van der Waals surface area contributed by atoms with E-state index in [2.05, 4.69) is 0 Å². The Morgan fingerprint density at radius 3 is 2.62 bits per heavy atom. The van der Waals surface area contributed by atoms with Crippen molar-refractivity contribution in [3.05, 3.63) is 23.3 Å². The molecule has 1 saturated carbocycles. The van der Waals surface area contributed by atoms with Crippen LogP contribution in [-0.4, -0.2) is 12.0 Å². The second-order valence-electron chi connectivity index (χ2n) is 4.63. The van der Waals surface area contributed by atoms with E-state index in [4.69, 9.17) is 4.74 Å². The van der Waals surface area contributed by atoms with E-state index in [1.54, 1.807) is 12.1 Å². The van der Waals surface area contributed by atoms with Gasteiger partial charge in [-0.25, -0.2) is 4.39 Å². The SMILES string of the molecule is CC(C)c1cc(O)c(C2CC2)cc1OCF. The van der Waals surface area contributed by atoms with Crippen LogP contribution in [0.5, 0.6) is 11.5 Å². The van der Waals surface area contributed by atoms with Crippen molar-refractivity contribution in [2.24, 2.45) is 0 Å². The molecule has 1 aromatic rings. The molecule has 16 heavy (non-hydrogen) atoms. The number of benzene rings is 1. The lowest BCUT2D eigenvalue weighted by atomic mass is 9.98. The molecule has 0 aliphatic heterocycles. The zero-order valence-corrected chi connectivity index (χ0v) is 9.66. The molecule has 1 fully saturated rings. The van der Waals surface area contributed by atoms with Crippen LogP contribution in [0.25, 0.3) is 0 Å². The average molecular weight is 224 g/mol. The zero-order chi connectivity index (χ0) is 11.7. The molecule has 1 aliphatic rings. The minimum absolute atomic E-state index is 0.209. The predicted octanol–water partition coefficient (Wildman–Crippen LogP) is 3.70. The lowest BCUT2D eigenvalue weighted by Crippen LogP contribution is -1.99. The third-order valence-electron chi connectivity index (χ3n) is 3.01. The second-order valence-corrected chi connectivity index (χ2v) is 4.63. The van der Waals surface area contributed by atoms with Crippen LogP contribution in [0.15, 0.2) is 12.1 Å². The number of phenols is 1. The summed E-state index contributed by atoms with van der Waals surface area (Å²) in [4.78, 5) is 0. The Morgan fingerprint density at radius 2 is 2.12 bits per heavy atom. The largest absolute Gasteiger partial charge is 0.508 e. The number of phenolic OH excluding ortho intramolecular Hbond substituents is 1. The van der Waals surface area contributed by atoms with Crippen LogP contribution in [0.4, 0.5) is 4.39 Å². The molecule has 0 unspecified atom stereocenters. The highest BCUT2D eigenvalue weighted by molar-refractivity contribution is 5.49. The third-order valence-corrected chi connectivity index (χ3v) is 3.01. The number of halogens is 1. The van der Waals surface area contributed by atoms with Crippen molar-refractivity contribution in [2.75, 3.05) is 6.86 Å². The van der Waals surface area contributed by atoms with Gasteiger partial charge in [-0.15, -0.1) is 0 Å². The number of rotatable bonds is 4. The summed E-state index contributed by atoms with van der Waals surface area (Å²) in [5.74, 6) is 1.53. The van der Waals surface area contributed by atoms with E-state index in [-0.39, 0.29) is 5.92 Å². The Bertz CT molecular complexity index is 384. The smallest absolute Gasteiger partial charge is 0.228 e. The van der Waals surface area contributed by atoms with Crippen LogP contribution in [0.2, 0.25) is 0 Å². The van der Waals surface area contributed by atoms with Gasteiger partial charge in [0.05, 0.1) is 0 Å². The third kappa shape index (κ3) is 2.13. The van der Waals surface area contributed by atoms with E-state index < -0.39 is 6.86 Å². The van der Waals surface area contributed by atoms with Gasteiger partial charge in [0, 0.05) is 11.1 Å². The summed E-state index contributed by atoms with van der Waals surface area (Å²) in [5.41, 5.74) is 1.76. The van der Waals surface area contributed by atoms with Gasteiger partial charge in [-0.05, 0) is 36.8 Å². The Morgan fingerprint density at radius 1 is 1.44 bits per heavy atom. The topological polar surface area (TPSA) is 29.5 Å². The molecule has 0 saturated heterocycles. The summed E-state index contributed by atoms with van der Waals surface area (Å²) in [6.07, 6.45) is 2.20. The fraction of sp³-hybridized carbons (Fsp3) is 0.538. The molecule has 3 heteroatoms. The Labute approximate surface area is 95.1 Å². The van der Waals surface area contributed by atoms with E-state index in [0.717, 1.165) is 24.0 Å². The minimum Gasteiger partial charge on any atom is -0.508 e. The van der Waals surface area contributed by atoms with Gasteiger partial charge in [0.15, 0.2) is 0 Å². The molecule has 88 valence electrons. The summed E-state index contributed by atoms with van der Waals surface area (Å²) in [5, 5.41) is 9.89. The highest BCUT2D eigenvalue weighted by atomic mass is 19.1. The van der Waals surface area contributed by atoms with Crippen molar-refractivity contribution in [1.82, 2.24) is 0 Å². The van der Waals surface area contributed by atoms with E-state index in [1.165, 1.54) is 0 Å². The van der Waals surface area contributed by atoms with Crippen molar-refractivity contribution in [2.45, 2.75) is 38.5 Å². The Hall–Kier alpha value is -1.25. The minimum atomic E-state index is -0.825. The van der Waals surface area contributed by atoms with E-state index >= 15 is 0 Å². The van der Waals surface area contributed by atoms with Gasteiger partial charge in [0.2, 0.25) is 6.86 Å². The highest BCUT2D eigenvalue weighted by Gasteiger charge is 2.28. The van der Waals surface area contributed by atoms with Gasteiger partial charge in [-0.3, -0.25) is 0 Å². The highest BCUT2D eigenvalue weighted by Crippen LogP contribution is 2.46. The summed E-state index contributed by atoms with van der Waals surface area (Å²) in [6, 6.07) is 3.51. The summed E-state index contributed by atoms with van der Waals surface area (Å²) >= 11 is 0. The lowest BCUT2D eigenvalue weighted by Gasteiger charge is -2.15. The first-order chi connectivity index (χ1) is 7.63. The van der Waals surface area contributed by atoms with E-state index in [9.17, 15) is 9.50 Å². The maximum Gasteiger partial charge on any atom is 0.228 e. The van der Waals surface area contributed by atoms with E-state index in [0.29, 0.717) is 17.4 Å². The van der Waals surface area contributed by atoms with Crippen LogP contribution in [0.3, 0.4) is 0 Å². The normalized spacial score (nSPS) is 15.5. The summed E-state index contributed by atoms with van der Waals surface area (Å²) < 4.78 is 17.3. The van der Waals surface area contributed by atoms with Crippen molar-refractivity contribution in [3.63, 3.8) is 0 Å². The van der Waals surface area contributed by atoms with Gasteiger partial charge < -0.3 is 9.84 Å². The van der Waals surface area contributed by atoms with Crippen LogP contribution >= 0.6 is 0 Å². The molecule has 0 heterocycles. The molecule has 0 spiro atoms. The van der Waals surface area contributed by atoms with Gasteiger partial charge in [-0.1, -0.05) is 13.8 Å². The van der Waals surface area contributed by atoms with E-state index in [1.807, 2.05) is 13.8 Å². The predicted molar refractivity (Wildman–Crippen MR) is 60.8 cm³/mol. The quantitative estimate of drug-likeness (QED) is 0.845. The molecule has 0 atom stereocenters. The van der Waals surface area contributed by atoms with Crippen LogP contribution in [0.1, 0.15) is 49.7 Å². The van der Waals surface area contributed by atoms with Crippen LogP contribution in [-0.2, 0) is 0 Å². The molecule has 0 amide bonds. The molecule has 1 aromatic carbocycles. The first-order valence-electron chi connectivity index (χ1n) is 5.69. The maximum atomic E-state index is 12.3. The van der Waals surface area contributed by atoms with Crippen molar-refractivity contribution < 1.29 is 14.2 Å². The van der Waals surface area contributed by atoms with Crippen molar-refractivity contribution in [3.8, 4) is 11.5 Å². The Kier molecular flexibility index (Phi) is 3.03. The van der Waals surface area contributed by atoms with Gasteiger partial charge in [0.1, 0.15) is 11.5 Å².